The number of benzene rings is 3. The molecule has 4 rings (SSSR count). The van der Waals surface area contributed by atoms with Crippen molar-refractivity contribution in [3.05, 3.63) is 95.1 Å². The molecule has 5 heteroatoms. The van der Waals surface area contributed by atoms with Crippen LogP contribution in [0.3, 0.4) is 0 Å². The van der Waals surface area contributed by atoms with Crippen LogP contribution in [0, 0.1) is 0 Å². The topological polar surface area (TPSA) is 75.6 Å². The quantitative estimate of drug-likeness (QED) is 0.463. The number of fused-ring (bicyclic) bond motifs is 3. The molecular weight excluding hydrogens is 426 g/mol. The summed E-state index contributed by atoms with van der Waals surface area (Å²) in [5.74, 6) is -1.14. The van der Waals surface area contributed by atoms with Crippen molar-refractivity contribution >= 4 is 12.1 Å². The van der Waals surface area contributed by atoms with Crippen LogP contribution in [0.25, 0.3) is 11.1 Å². The van der Waals surface area contributed by atoms with E-state index in [1.807, 2.05) is 48.5 Å². The number of alkyl carbamates (subject to hydrolysis) is 1. The number of ether oxygens (including phenoxy) is 1. The van der Waals surface area contributed by atoms with Crippen LogP contribution >= 0.6 is 0 Å². The van der Waals surface area contributed by atoms with Gasteiger partial charge in [0.05, 0.1) is 0 Å². The highest BCUT2D eigenvalue weighted by Gasteiger charge is 2.29. The van der Waals surface area contributed by atoms with Crippen molar-refractivity contribution in [2.75, 3.05) is 6.61 Å². The first-order valence-corrected chi connectivity index (χ1v) is 11.7. The fourth-order valence-electron chi connectivity index (χ4n) is 4.52. The van der Waals surface area contributed by atoms with Gasteiger partial charge in [0.2, 0.25) is 0 Å². The summed E-state index contributed by atoms with van der Waals surface area (Å²) in [6.07, 6.45) is 0.122. The monoisotopic (exact) mass is 457 g/mol. The molecule has 1 unspecified atom stereocenters. The smallest absolute Gasteiger partial charge is 0.407 e. The number of carbonyl (C=O) groups is 2. The van der Waals surface area contributed by atoms with E-state index in [0.717, 1.165) is 27.8 Å². The number of carboxylic acid groups (broad SMARTS) is 1. The molecule has 34 heavy (non-hydrogen) atoms. The van der Waals surface area contributed by atoms with Crippen LogP contribution < -0.4 is 5.32 Å². The fourth-order valence-corrected chi connectivity index (χ4v) is 4.52. The lowest BCUT2D eigenvalue weighted by molar-refractivity contribution is -0.139. The van der Waals surface area contributed by atoms with E-state index in [2.05, 4.69) is 50.4 Å². The summed E-state index contributed by atoms with van der Waals surface area (Å²) in [6, 6.07) is 23.4. The lowest BCUT2D eigenvalue weighted by Crippen LogP contribution is -2.41. The van der Waals surface area contributed by atoms with Crippen molar-refractivity contribution in [3.8, 4) is 11.1 Å². The Kier molecular flexibility index (Phi) is 6.73. The minimum atomic E-state index is -1.07. The highest BCUT2D eigenvalue weighted by molar-refractivity contribution is 5.81. The van der Waals surface area contributed by atoms with Crippen LogP contribution in [0.5, 0.6) is 0 Å². The number of hydrogen-bond acceptors (Lipinski definition) is 3. The first-order chi connectivity index (χ1) is 16.2. The summed E-state index contributed by atoms with van der Waals surface area (Å²) < 4.78 is 5.51. The predicted octanol–water partition coefficient (Wildman–Crippen LogP) is 5.91. The van der Waals surface area contributed by atoms with E-state index in [1.54, 1.807) is 0 Å². The molecule has 0 aliphatic heterocycles. The van der Waals surface area contributed by atoms with Gasteiger partial charge in [-0.05, 0) is 51.6 Å². The summed E-state index contributed by atoms with van der Waals surface area (Å²) in [7, 11) is 0. The van der Waals surface area contributed by atoms with Gasteiger partial charge in [0.15, 0.2) is 0 Å². The van der Waals surface area contributed by atoms with E-state index < -0.39 is 18.1 Å². The molecule has 0 bridgehead atoms. The van der Waals surface area contributed by atoms with Gasteiger partial charge in [-0.2, -0.15) is 0 Å². The van der Waals surface area contributed by atoms with Gasteiger partial charge < -0.3 is 15.2 Å². The Morgan fingerprint density at radius 1 is 0.912 bits per heavy atom. The third kappa shape index (κ3) is 5.14. The maximum absolute atomic E-state index is 12.5. The maximum atomic E-state index is 12.5. The molecule has 0 radical (unpaired) electrons. The third-order valence-corrected chi connectivity index (χ3v) is 6.48. The summed E-state index contributed by atoms with van der Waals surface area (Å²) >= 11 is 0. The first kappa shape index (κ1) is 23.6. The van der Waals surface area contributed by atoms with Gasteiger partial charge in [0.25, 0.3) is 0 Å². The van der Waals surface area contributed by atoms with Crippen LogP contribution in [0.15, 0.2) is 72.8 Å². The highest BCUT2D eigenvalue weighted by atomic mass is 16.5. The van der Waals surface area contributed by atoms with Crippen molar-refractivity contribution in [2.45, 2.75) is 51.0 Å². The van der Waals surface area contributed by atoms with Crippen LogP contribution in [0.1, 0.15) is 55.4 Å². The van der Waals surface area contributed by atoms with E-state index in [0.29, 0.717) is 6.42 Å². The zero-order valence-electron chi connectivity index (χ0n) is 19.9. The van der Waals surface area contributed by atoms with E-state index in [4.69, 9.17) is 4.74 Å². The Morgan fingerprint density at radius 2 is 1.47 bits per heavy atom. The van der Waals surface area contributed by atoms with Crippen molar-refractivity contribution in [1.29, 1.82) is 0 Å². The van der Waals surface area contributed by atoms with Crippen LogP contribution in [-0.2, 0) is 21.4 Å². The lowest BCUT2D eigenvalue weighted by atomic mass is 9.86. The number of carboxylic acids is 1. The SMILES string of the molecule is CC(C)(C)c1ccc(CCC(NC(=O)OCC2c3ccccc3-c3ccccc32)C(=O)O)cc1. The van der Waals surface area contributed by atoms with Gasteiger partial charge in [-0.1, -0.05) is 93.6 Å². The van der Waals surface area contributed by atoms with Gasteiger partial charge in [-0.25, -0.2) is 9.59 Å². The Balaban J connectivity index is 1.35. The molecule has 0 aromatic heterocycles. The number of carbonyl (C=O) groups excluding carboxylic acids is 1. The van der Waals surface area contributed by atoms with Crippen LogP contribution in [-0.4, -0.2) is 29.8 Å². The second-order valence-electron chi connectivity index (χ2n) is 9.85. The van der Waals surface area contributed by atoms with Gasteiger partial charge in [-0.15, -0.1) is 0 Å². The molecule has 0 spiro atoms. The molecule has 1 atom stereocenters. The van der Waals surface area contributed by atoms with Crippen molar-refractivity contribution in [2.24, 2.45) is 0 Å². The Bertz CT molecular complexity index is 1130. The van der Waals surface area contributed by atoms with Crippen LogP contribution in [0.2, 0.25) is 0 Å². The number of rotatable bonds is 7. The molecule has 1 aliphatic carbocycles. The first-order valence-electron chi connectivity index (χ1n) is 11.7. The maximum Gasteiger partial charge on any atom is 0.407 e. The molecule has 5 nitrogen and oxygen atoms in total. The summed E-state index contributed by atoms with van der Waals surface area (Å²) in [6.45, 7) is 6.61. The predicted molar refractivity (Wildman–Crippen MR) is 133 cm³/mol. The summed E-state index contributed by atoms with van der Waals surface area (Å²) in [5.41, 5.74) is 6.85. The van der Waals surface area contributed by atoms with E-state index in [1.165, 1.54) is 5.56 Å². The number of hydrogen-bond donors (Lipinski definition) is 2. The molecule has 0 fully saturated rings. The normalized spacial score (nSPS) is 13.6. The van der Waals surface area contributed by atoms with Gasteiger partial charge >= 0.3 is 12.1 Å². The van der Waals surface area contributed by atoms with Gasteiger partial charge in [0, 0.05) is 5.92 Å². The average Bonchev–Trinajstić information content (AvgIpc) is 3.13. The van der Waals surface area contributed by atoms with Crippen molar-refractivity contribution < 1.29 is 19.4 Å². The Hall–Kier alpha value is -3.60. The highest BCUT2D eigenvalue weighted by Crippen LogP contribution is 2.44. The molecular formula is C29H31NO4. The molecule has 3 aromatic carbocycles. The molecule has 1 amide bonds. The second-order valence-corrected chi connectivity index (χ2v) is 9.85. The zero-order valence-corrected chi connectivity index (χ0v) is 19.9. The van der Waals surface area contributed by atoms with E-state index >= 15 is 0 Å². The van der Waals surface area contributed by atoms with Crippen LogP contribution in [0.4, 0.5) is 4.79 Å². The molecule has 1 aliphatic rings. The summed E-state index contributed by atoms with van der Waals surface area (Å²) in [5, 5.41) is 12.2. The lowest BCUT2D eigenvalue weighted by Gasteiger charge is -2.19. The number of aliphatic carboxylic acids is 1. The van der Waals surface area contributed by atoms with E-state index in [9.17, 15) is 14.7 Å². The number of amides is 1. The fraction of sp³-hybridized carbons (Fsp3) is 0.310. The van der Waals surface area contributed by atoms with E-state index in [-0.39, 0.29) is 24.4 Å². The number of nitrogens with one attached hydrogen (secondary N) is 1. The van der Waals surface area contributed by atoms with Crippen molar-refractivity contribution in [1.82, 2.24) is 5.32 Å². The molecule has 2 N–H and O–H groups in total. The zero-order chi connectivity index (χ0) is 24.3. The molecule has 0 heterocycles. The molecule has 0 saturated carbocycles. The largest absolute Gasteiger partial charge is 0.480 e. The van der Waals surface area contributed by atoms with Gasteiger partial charge in [-0.3, -0.25) is 0 Å². The Morgan fingerprint density at radius 3 is 2.00 bits per heavy atom. The number of aryl methyl sites for hydroxylation is 1. The molecule has 176 valence electrons. The average molecular weight is 458 g/mol. The summed E-state index contributed by atoms with van der Waals surface area (Å²) in [4.78, 5) is 24.3. The third-order valence-electron chi connectivity index (χ3n) is 6.48. The Labute approximate surface area is 200 Å². The molecule has 3 aromatic rings. The molecule has 0 saturated heterocycles. The van der Waals surface area contributed by atoms with Gasteiger partial charge in [0.1, 0.15) is 12.6 Å². The van der Waals surface area contributed by atoms with Crippen molar-refractivity contribution in [3.63, 3.8) is 0 Å². The standard InChI is InChI=1S/C29H31NO4/c1-29(2,3)20-15-12-19(13-16-20)14-17-26(27(31)32)30-28(33)34-18-25-23-10-6-4-8-21(23)22-9-5-7-11-24(22)25/h4-13,15-16,25-26H,14,17-18H2,1-3H3,(H,30,33)(H,31,32). The minimum Gasteiger partial charge on any atom is -0.480 e. The minimum absolute atomic E-state index is 0.0633. The second kappa shape index (κ2) is 9.72.